The first-order valence-electron chi connectivity index (χ1n) is 13.0. The molecular formula is C32H22Cl2N4O5. The van der Waals surface area contributed by atoms with E-state index >= 15 is 0 Å². The molecule has 1 amide bonds. The largest absolute Gasteiger partial charge is 0.493 e. The number of fused-ring (bicyclic) bond motifs is 2. The van der Waals surface area contributed by atoms with Crippen molar-refractivity contribution in [2.45, 2.75) is 0 Å². The third-order valence-electron chi connectivity index (χ3n) is 6.45. The second-order valence-electron chi connectivity index (χ2n) is 9.34. The minimum atomic E-state index is -0.396. The fourth-order valence-electron chi connectivity index (χ4n) is 4.43. The van der Waals surface area contributed by atoms with Crippen LogP contribution >= 0.6 is 23.2 Å². The lowest BCUT2D eigenvalue weighted by molar-refractivity contribution is -0.118. The number of carbonyl (C=O) groups is 1. The third-order valence-corrected chi connectivity index (χ3v) is 6.98. The van der Waals surface area contributed by atoms with Crippen LogP contribution in [-0.2, 0) is 4.79 Å². The number of nitrogens with one attached hydrogen (secondary N) is 1. The summed E-state index contributed by atoms with van der Waals surface area (Å²) in [6.45, 7) is -0.314. The number of benzene rings is 4. The number of rotatable bonds is 8. The Morgan fingerprint density at radius 1 is 1.02 bits per heavy atom. The molecule has 0 saturated heterocycles. The van der Waals surface area contributed by atoms with E-state index in [1.165, 1.54) is 18.0 Å². The molecule has 4 aromatic carbocycles. The van der Waals surface area contributed by atoms with Gasteiger partial charge in [0.05, 0.1) is 29.2 Å². The molecule has 43 heavy (non-hydrogen) atoms. The summed E-state index contributed by atoms with van der Waals surface area (Å²) in [4.78, 5) is 30.7. The second-order valence-corrected chi connectivity index (χ2v) is 10.2. The molecule has 0 aliphatic rings. The fraction of sp³-hybridized carbons (Fsp3) is 0.0625. The van der Waals surface area contributed by atoms with Crippen molar-refractivity contribution >= 4 is 62.9 Å². The number of carbonyl (C=O) groups excluding carboxylic acids is 1. The van der Waals surface area contributed by atoms with Crippen molar-refractivity contribution < 1.29 is 18.7 Å². The van der Waals surface area contributed by atoms with Gasteiger partial charge in [-0.3, -0.25) is 9.59 Å². The van der Waals surface area contributed by atoms with Gasteiger partial charge < -0.3 is 19.2 Å². The fourth-order valence-corrected chi connectivity index (χ4v) is 4.83. The smallest absolute Gasteiger partial charge is 0.282 e. The summed E-state index contributed by atoms with van der Waals surface area (Å²) in [5, 5.41) is 9.20. The Labute approximate surface area is 254 Å². The maximum Gasteiger partial charge on any atom is 0.282 e. The van der Waals surface area contributed by atoms with Gasteiger partial charge in [0.2, 0.25) is 5.82 Å². The number of methoxy groups -OCH3 is 1. The van der Waals surface area contributed by atoms with Crippen LogP contribution in [0.25, 0.3) is 33.5 Å². The number of furan rings is 1. The first-order chi connectivity index (χ1) is 20.9. The number of hydrogen-bond donors (Lipinski definition) is 1. The lowest BCUT2D eigenvalue weighted by atomic mass is 10.2. The molecule has 0 fully saturated rings. The maximum absolute atomic E-state index is 13.6. The van der Waals surface area contributed by atoms with E-state index < -0.39 is 5.91 Å². The van der Waals surface area contributed by atoms with Crippen LogP contribution in [-0.4, -0.2) is 35.5 Å². The van der Waals surface area contributed by atoms with E-state index in [-0.39, 0.29) is 34.5 Å². The van der Waals surface area contributed by atoms with E-state index in [4.69, 9.17) is 42.1 Å². The van der Waals surface area contributed by atoms with Gasteiger partial charge in [-0.25, -0.2) is 4.98 Å². The number of anilines is 1. The highest BCUT2D eigenvalue weighted by Gasteiger charge is 2.17. The van der Waals surface area contributed by atoms with Gasteiger partial charge in [-0.15, -0.1) is 0 Å². The summed E-state index contributed by atoms with van der Waals surface area (Å²) in [6, 6.07) is 26.3. The van der Waals surface area contributed by atoms with Gasteiger partial charge in [-0.1, -0.05) is 53.5 Å². The molecule has 0 spiro atoms. The molecule has 0 unspecified atom stereocenters. The number of ether oxygens (including phenoxy) is 2. The van der Waals surface area contributed by atoms with Crippen LogP contribution in [0.4, 0.5) is 5.69 Å². The van der Waals surface area contributed by atoms with Gasteiger partial charge in [0.25, 0.3) is 11.5 Å². The Bertz CT molecular complexity index is 2040. The molecule has 6 aromatic rings. The highest BCUT2D eigenvalue weighted by Crippen LogP contribution is 2.36. The van der Waals surface area contributed by atoms with Crippen LogP contribution in [0.3, 0.4) is 0 Å². The van der Waals surface area contributed by atoms with Gasteiger partial charge in [-0.2, -0.15) is 9.78 Å². The average molecular weight is 613 g/mol. The molecule has 0 bridgehead atoms. The van der Waals surface area contributed by atoms with E-state index in [1.54, 1.807) is 54.6 Å². The van der Waals surface area contributed by atoms with Crippen LogP contribution in [0.5, 0.6) is 11.5 Å². The highest BCUT2D eigenvalue weighted by molar-refractivity contribution is 6.32. The van der Waals surface area contributed by atoms with Crippen LogP contribution in [0, 0.1) is 0 Å². The van der Waals surface area contributed by atoms with E-state index in [1.807, 2.05) is 36.4 Å². The summed E-state index contributed by atoms with van der Waals surface area (Å²) in [6.07, 6.45) is 1.45. The van der Waals surface area contributed by atoms with E-state index in [0.717, 1.165) is 5.39 Å². The molecule has 1 N–H and O–H groups in total. The van der Waals surface area contributed by atoms with Crippen molar-refractivity contribution in [3.63, 3.8) is 0 Å². The topological polar surface area (TPSA) is 108 Å². The molecule has 0 saturated carbocycles. The van der Waals surface area contributed by atoms with Crippen molar-refractivity contribution in [2.75, 3.05) is 19.0 Å². The Balaban J connectivity index is 1.30. The monoisotopic (exact) mass is 612 g/mol. The van der Waals surface area contributed by atoms with Crippen LogP contribution in [0.1, 0.15) is 5.56 Å². The van der Waals surface area contributed by atoms with E-state index in [9.17, 15) is 9.59 Å². The van der Waals surface area contributed by atoms with E-state index in [0.29, 0.717) is 38.5 Å². The number of hydrogen-bond acceptors (Lipinski definition) is 7. The zero-order valence-corrected chi connectivity index (χ0v) is 24.1. The minimum Gasteiger partial charge on any atom is -0.493 e. The number of amides is 1. The van der Waals surface area contributed by atoms with Gasteiger partial charge in [0.1, 0.15) is 5.58 Å². The molecule has 0 aliphatic carbocycles. The Morgan fingerprint density at radius 3 is 2.58 bits per heavy atom. The molecule has 11 heteroatoms. The molecule has 6 rings (SSSR count). The van der Waals surface area contributed by atoms with Crippen molar-refractivity contribution in [2.24, 2.45) is 5.10 Å². The summed E-state index contributed by atoms with van der Waals surface area (Å²) in [5.41, 5.74) is 1.88. The molecule has 2 heterocycles. The number of aromatic nitrogens is 2. The molecule has 0 aliphatic heterocycles. The standard InChI is InChI=1S/C32H22Cl2N4O5/c1-41-27-15-19(14-24(34)30(27)42-18-29(39)36-22-12-10-21(33)11-13-22)17-35-38-31(28-16-20-6-2-5-9-26(20)43-28)37-25-8-4-3-7-23(25)32(38)40/h2-17H,18H2,1H3,(H,36,39). The maximum atomic E-state index is 13.6. The van der Waals surface area contributed by atoms with E-state index in [2.05, 4.69) is 10.4 Å². The first kappa shape index (κ1) is 28.0. The normalized spacial score (nSPS) is 11.3. The molecule has 0 radical (unpaired) electrons. The van der Waals surface area contributed by atoms with Crippen molar-refractivity contribution in [1.82, 2.24) is 9.66 Å². The predicted octanol–water partition coefficient (Wildman–Crippen LogP) is 7.02. The number of nitrogens with zero attached hydrogens (tertiary/aromatic N) is 3. The van der Waals surface area contributed by atoms with Gasteiger partial charge in [-0.05, 0) is 66.2 Å². The Kier molecular flexibility index (Phi) is 7.83. The SMILES string of the molecule is COc1cc(C=Nn2c(-c3cc4ccccc4o3)nc3ccccc3c2=O)cc(Cl)c1OCC(=O)Nc1ccc(Cl)cc1. The first-order valence-corrected chi connectivity index (χ1v) is 13.8. The summed E-state index contributed by atoms with van der Waals surface area (Å²) in [7, 11) is 1.45. The van der Waals surface area contributed by atoms with Crippen LogP contribution < -0.4 is 20.3 Å². The third kappa shape index (κ3) is 5.94. The Morgan fingerprint density at radius 2 is 1.79 bits per heavy atom. The lowest BCUT2D eigenvalue weighted by Crippen LogP contribution is -2.20. The van der Waals surface area contributed by atoms with Crippen molar-refractivity contribution in [1.29, 1.82) is 0 Å². The lowest BCUT2D eigenvalue weighted by Gasteiger charge is -2.13. The summed E-state index contributed by atoms with van der Waals surface area (Å²) >= 11 is 12.4. The van der Waals surface area contributed by atoms with Gasteiger partial charge in [0.15, 0.2) is 23.9 Å². The highest BCUT2D eigenvalue weighted by atomic mass is 35.5. The number of para-hydroxylation sites is 2. The molecule has 9 nitrogen and oxygen atoms in total. The molecule has 2 aromatic heterocycles. The zero-order valence-electron chi connectivity index (χ0n) is 22.6. The van der Waals surface area contributed by atoms with Gasteiger partial charge >= 0.3 is 0 Å². The number of halogens is 2. The summed E-state index contributed by atoms with van der Waals surface area (Å²) in [5.74, 6) is 0.681. The minimum absolute atomic E-state index is 0.181. The molecular weight excluding hydrogens is 591 g/mol. The molecule has 214 valence electrons. The van der Waals surface area contributed by atoms with Gasteiger partial charge in [0, 0.05) is 16.1 Å². The summed E-state index contributed by atoms with van der Waals surface area (Å²) < 4.78 is 18.4. The van der Waals surface area contributed by atoms with Crippen LogP contribution in [0.2, 0.25) is 10.0 Å². The predicted molar refractivity (Wildman–Crippen MR) is 168 cm³/mol. The van der Waals surface area contributed by atoms with Crippen molar-refractivity contribution in [3.05, 3.63) is 117 Å². The average Bonchev–Trinajstić information content (AvgIpc) is 3.45. The molecule has 0 atom stereocenters. The second kappa shape index (κ2) is 12.0. The van der Waals surface area contributed by atoms with Crippen molar-refractivity contribution in [3.8, 4) is 23.1 Å². The quantitative estimate of drug-likeness (QED) is 0.185. The van der Waals surface area contributed by atoms with Crippen LogP contribution in [0.15, 0.2) is 105 Å². The Hall–Kier alpha value is -5.12. The zero-order chi connectivity index (χ0) is 29.9.